The van der Waals surface area contributed by atoms with Crippen LogP contribution in [0, 0.1) is 0 Å². The molecule has 0 spiro atoms. The number of nitrogens with zero attached hydrogens (tertiary/aromatic N) is 14. The number of hydrogen-bond donors (Lipinski definition) is 6. The number of hydrogen-bond acceptors (Lipinski definition) is 22. The van der Waals surface area contributed by atoms with Crippen molar-refractivity contribution in [3.63, 3.8) is 0 Å². The Kier molecular flexibility index (Phi) is 14.4. The summed E-state index contributed by atoms with van der Waals surface area (Å²) in [6.45, 7) is 0.540. The van der Waals surface area contributed by atoms with Crippen molar-refractivity contribution in [2.24, 2.45) is 10.3 Å². The van der Waals surface area contributed by atoms with Crippen LogP contribution in [-0.2, 0) is 51.5 Å². The van der Waals surface area contributed by atoms with Gasteiger partial charge in [-0.05, 0) is 12.1 Å². The highest BCUT2D eigenvalue weighted by Gasteiger charge is 2.56. The fourth-order valence-electron chi connectivity index (χ4n) is 7.79. The van der Waals surface area contributed by atoms with Crippen molar-refractivity contribution < 1.29 is 70.2 Å². The third kappa shape index (κ3) is 9.48. The van der Waals surface area contributed by atoms with Crippen LogP contribution in [0.4, 0.5) is 10.3 Å². The third-order valence-corrected chi connectivity index (χ3v) is 14.5. The van der Waals surface area contributed by atoms with Crippen molar-refractivity contribution >= 4 is 115 Å². The highest BCUT2D eigenvalue weighted by molar-refractivity contribution is 8.00. The van der Waals surface area contributed by atoms with Crippen LogP contribution in [0.5, 0.6) is 0 Å². The number of halogens is 1. The summed E-state index contributed by atoms with van der Waals surface area (Å²) < 4.78 is 15.0. The molecule has 71 heavy (non-hydrogen) atoms. The highest BCUT2D eigenvalue weighted by Crippen LogP contribution is 2.42. The third-order valence-electron chi connectivity index (χ3n) is 10.8. The van der Waals surface area contributed by atoms with E-state index in [1.165, 1.54) is 47.5 Å². The molecule has 0 bridgehead atoms. The van der Waals surface area contributed by atoms with Crippen LogP contribution >= 0.6 is 46.6 Å². The first-order chi connectivity index (χ1) is 33.8. The molecule has 33 heteroatoms. The highest BCUT2D eigenvalue weighted by atomic mass is 35.5. The van der Waals surface area contributed by atoms with E-state index >= 15 is 0 Å². The molecule has 2 fully saturated rings. The molecule has 4 amide bonds. The number of nitrogen functional groups attached to an aromatic ring is 2. The first-order valence-corrected chi connectivity index (χ1v) is 23.9. The Balaban J connectivity index is 0.000000188. The molecular weight excluding hydrogens is 1030 g/mol. The summed E-state index contributed by atoms with van der Waals surface area (Å²) in [5.41, 5.74) is 13.2. The monoisotopic (exact) mass is 1070 g/mol. The normalized spacial score (nSPS) is 19.7. The maximum absolute atomic E-state index is 13.0. The molecule has 0 aromatic carbocycles. The number of nitrogens with one attached hydrogen (secondary N) is 2. The number of anilines is 2. The number of imidazole rings is 2. The number of aliphatic carboxylic acids is 2. The molecule has 0 radical (unpaired) electrons. The van der Waals surface area contributed by atoms with Crippen molar-refractivity contribution in [2.75, 3.05) is 37.2 Å². The lowest BCUT2D eigenvalue weighted by Crippen LogP contribution is -3.00. The van der Waals surface area contributed by atoms with Gasteiger partial charge in [-0.15, -0.1) is 32.6 Å². The minimum absolute atomic E-state index is 0. The van der Waals surface area contributed by atoms with E-state index in [1.807, 2.05) is 21.3 Å². The Bertz CT molecular complexity index is 3050. The summed E-state index contributed by atoms with van der Waals surface area (Å²) in [4.78, 5) is 95.6. The molecule has 368 valence electrons. The Morgan fingerprint density at radius 2 is 1.14 bits per heavy atom. The number of rotatable bonds is 14. The Labute approximate surface area is 420 Å². The molecule has 28 nitrogen and oxygen atoms in total. The molecule has 0 unspecified atom stereocenters. The van der Waals surface area contributed by atoms with Crippen LogP contribution in [0.2, 0.25) is 0 Å². The number of carboxylic acids is 2. The van der Waals surface area contributed by atoms with Crippen LogP contribution < -0.4 is 43.6 Å². The van der Waals surface area contributed by atoms with Gasteiger partial charge in [-0.2, -0.15) is 18.7 Å². The van der Waals surface area contributed by atoms with Gasteiger partial charge in [-0.1, -0.05) is 20.5 Å². The van der Waals surface area contributed by atoms with Crippen molar-refractivity contribution in [1.82, 2.24) is 58.4 Å². The summed E-state index contributed by atoms with van der Waals surface area (Å²) in [5.74, 6) is -4.34. The Hall–Kier alpha value is -7.81. The van der Waals surface area contributed by atoms with E-state index < -0.39 is 58.4 Å². The van der Waals surface area contributed by atoms with Gasteiger partial charge in [-0.25, -0.2) is 18.7 Å². The van der Waals surface area contributed by atoms with Gasteiger partial charge in [0.2, 0.25) is 23.1 Å². The number of carboxylic acid groups (broad SMARTS) is 2. The molecular formula is C38H36ClN18O10S4+. The van der Waals surface area contributed by atoms with Gasteiger partial charge < -0.3 is 54.4 Å². The number of β-lactam (4-membered cyclic amide) rings is 2. The molecule has 2 saturated heterocycles. The summed E-state index contributed by atoms with van der Waals surface area (Å²) in [6.07, 6.45) is 10.4. The molecule has 0 saturated carbocycles. The van der Waals surface area contributed by atoms with Gasteiger partial charge >= 0.3 is 23.2 Å². The molecule has 0 aliphatic carbocycles. The first-order valence-electron chi connectivity index (χ1n) is 20.2. The number of nitrogens with two attached hydrogens (primary N) is 2. The van der Waals surface area contributed by atoms with Crippen LogP contribution in [-0.4, -0.2) is 154 Å². The van der Waals surface area contributed by atoms with Crippen LogP contribution in [0.3, 0.4) is 0 Å². The van der Waals surface area contributed by atoms with Gasteiger partial charge in [0.15, 0.2) is 22.7 Å². The fourth-order valence-corrected chi connectivity index (χ4v) is 11.3. The van der Waals surface area contributed by atoms with E-state index in [0.717, 1.165) is 34.4 Å². The van der Waals surface area contributed by atoms with Crippen LogP contribution in [0.1, 0.15) is 11.6 Å². The quantitative estimate of drug-likeness (QED) is 0.0257. The number of amides is 4. The predicted octanol–water partition coefficient (Wildman–Crippen LogP) is -5.31. The van der Waals surface area contributed by atoms with Gasteiger partial charge in [0.25, 0.3) is 23.6 Å². The SMILES string of the molecule is CO/N=C(\C(=O)N[C@@H]1C(=O)N2C(C(=O)O)=C(C[n+]3ccn4ncccc43)CS[C@H]12)c1nsc(N)n1.CO/N=C(\C(=O)N[C@@H]1C(=O)N2C(C(=O)O)=C(C[n+]3ccn4ncccc43)CS[C@H]12)c1nsc(N)n1.[Cl-]. The van der Waals surface area contributed by atoms with Crippen molar-refractivity contribution in [3.8, 4) is 0 Å². The van der Waals surface area contributed by atoms with Crippen LogP contribution in [0.15, 0.2) is 94.3 Å². The maximum Gasteiger partial charge on any atom is 0.352 e. The number of aromatic nitrogens is 10. The Morgan fingerprint density at radius 1 is 0.732 bits per heavy atom. The van der Waals surface area contributed by atoms with E-state index in [1.54, 1.807) is 58.3 Å². The van der Waals surface area contributed by atoms with E-state index in [2.05, 4.69) is 49.9 Å². The zero-order chi connectivity index (χ0) is 49.4. The molecule has 4 aliphatic heterocycles. The van der Waals surface area contributed by atoms with Gasteiger partial charge in [-0.3, -0.25) is 29.0 Å². The average molecular weight is 1070 g/mol. The zero-order valence-corrected chi connectivity index (χ0v) is 40.5. The van der Waals surface area contributed by atoms with Crippen molar-refractivity contribution in [2.45, 2.75) is 35.9 Å². The number of carbonyl (C=O) groups excluding carboxylic acids is 4. The largest absolute Gasteiger partial charge is 1.00 e. The van der Waals surface area contributed by atoms with Crippen molar-refractivity contribution in [1.29, 1.82) is 0 Å². The molecule has 10 heterocycles. The summed E-state index contributed by atoms with van der Waals surface area (Å²) in [6, 6.07) is 5.38. The summed E-state index contributed by atoms with van der Waals surface area (Å²) in [5, 5.41) is 39.9. The molecule has 6 aromatic heterocycles. The van der Waals surface area contributed by atoms with Crippen molar-refractivity contribution in [3.05, 3.63) is 95.6 Å². The number of oxime groups is 2. The van der Waals surface area contributed by atoms with Gasteiger partial charge in [0, 0.05) is 57.8 Å². The first kappa shape index (κ1) is 49.6. The molecule has 4 atom stereocenters. The van der Waals surface area contributed by atoms with Crippen LogP contribution in [0.25, 0.3) is 11.3 Å². The minimum atomic E-state index is -1.21. The standard InChI is InChI=1S/2C19H17N9O5S2.ClH/c2*1-33-24-11(14-23-19(20)35-25-14)15(29)22-12-16(30)28-13(18(31)32)9(8-34-17(12)28)7-26-5-6-27-10(26)3-2-4-21-27;/h2*2-6,12,17H,7-8H2,1H3,(H3-,20,22,23,25,29,31,32);1H/p+1/b2*24-11-;/t2*12-,17-;/m11./s1. The second-order valence-electron chi connectivity index (χ2n) is 14.9. The molecule has 4 aliphatic rings. The van der Waals surface area contributed by atoms with E-state index in [9.17, 15) is 39.0 Å². The summed E-state index contributed by atoms with van der Waals surface area (Å²) >= 11 is 4.49. The molecule has 10 rings (SSSR count). The lowest BCUT2D eigenvalue weighted by molar-refractivity contribution is -0.662. The molecule has 8 N–H and O–H groups in total. The fraction of sp³-hybridized carbons (Fsp3) is 0.263. The predicted molar refractivity (Wildman–Crippen MR) is 246 cm³/mol. The second kappa shape index (κ2) is 20.6. The molecule has 6 aromatic rings. The number of thioether (sulfide) groups is 2. The Morgan fingerprint density at radius 3 is 1.49 bits per heavy atom. The van der Waals surface area contributed by atoms with Gasteiger partial charge in [0.05, 0.1) is 12.4 Å². The minimum Gasteiger partial charge on any atom is -1.00 e. The number of carbonyl (C=O) groups is 6. The van der Waals surface area contributed by atoms with E-state index in [4.69, 9.17) is 21.1 Å². The number of fused-ring (bicyclic) bond motifs is 4. The summed E-state index contributed by atoms with van der Waals surface area (Å²) in [7, 11) is 2.51. The average Bonchev–Trinajstić information content (AvgIpc) is 4.18. The smallest absolute Gasteiger partial charge is 0.352 e. The lowest BCUT2D eigenvalue weighted by Gasteiger charge is -2.49. The van der Waals surface area contributed by atoms with E-state index in [-0.39, 0.29) is 70.2 Å². The lowest BCUT2D eigenvalue weighted by atomic mass is 10.0. The second-order valence-corrected chi connectivity index (χ2v) is 18.7. The van der Waals surface area contributed by atoms with E-state index in [0.29, 0.717) is 22.7 Å². The van der Waals surface area contributed by atoms with Gasteiger partial charge in [0.1, 0.15) is 73.9 Å². The zero-order valence-electron chi connectivity index (χ0n) is 36.5. The maximum atomic E-state index is 13.0. The topological polar surface area (TPSA) is 363 Å².